The molecule has 0 saturated heterocycles. The van der Waals surface area contributed by atoms with E-state index < -0.39 is 0 Å². The molecule has 6 nitrogen and oxygen atoms in total. The third-order valence-corrected chi connectivity index (χ3v) is 4.86. The normalized spacial score (nSPS) is 10.4. The number of aromatic nitrogens is 2. The van der Waals surface area contributed by atoms with Crippen molar-refractivity contribution < 1.29 is 44.9 Å². The van der Waals surface area contributed by atoms with Crippen LogP contribution in [0.25, 0.3) is 45.1 Å². The fraction of sp³-hybridized carbons (Fsp3) is 0. The van der Waals surface area contributed by atoms with Crippen molar-refractivity contribution in [3.63, 3.8) is 0 Å². The van der Waals surface area contributed by atoms with Gasteiger partial charge in [0.05, 0.1) is 11.1 Å². The first-order chi connectivity index (χ1) is 15.7. The number of aromatic hydroxyl groups is 2. The average molecular weight is 467 g/mol. The summed E-state index contributed by atoms with van der Waals surface area (Å²) in [6.45, 7) is 0. The Balaban J connectivity index is 0.000000152. The molecule has 4 aromatic carbocycles. The molecule has 33 heavy (non-hydrogen) atoms. The molecule has 2 N–H and O–H groups in total. The van der Waals surface area contributed by atoms with Crippen molar-refractivity contribution >= 4 is 22.2 Å². The Morgan fingerprint density at radius 2 is 0.848 bits per heavy atom. The number of hydrogen-bond acceptors (Lipinski definition) is 6. The molecule has 0 spiro atoms. The molecule has 6 aromatic rings. The summed E-state index contributed by atoms with van der Waals surface area (Å²) in [5.74, 6) is 1.24. The summed E-state index contributed by atoms with van der Waals surface area (Å²) in [5.41, 5.74) is 4.25. The predicted octanol–water partition coefficient (Wildman–Crippen LogP) is 6.40. The SMILES string of the molecule is Oc1ccccc1-c1nc2ccccc2o1.Oc1ccccc1-c1nc2ccccc2o1.[Sc]. The average Bonchev–Trinajstić information content (AvgIpc) is 3.44. The second-order valence-electron chi connectivity index (χ2n) is 7.01. The van der Waals surface area contributed by atoms with Gasteiger partial charge in [-0.3, -0.25) is 0 Å². The molecule has 159 valence electrons. The molecule has 0 fully saturated rings. The summed E-state index contributed by atoms with van der Waals surface area (Å²) in [7, 11) is 0. The number of phenolic OH excluding ortho intramolecular Hbond substituents is 2. The van der Waals surface area contributed by atoms with Gasteiger partial charge in [0.1, 0.15) is 22.5 Å². The van der Waals surface area contributed by atoms with Crippen LogP contribution in [0.5, 0.6) is 11.5 Å². The van der Waals surface area contributed by atoms with E-state index in [9.17, 15) is 10.2 Å². The zero-order valence-corrected chi connectivity index (χ0v) is 19.2. The Hall–Kier alpha value is -3.71. The van der Waals surface area contributed by atoms with Crippen LogP contribution in [0.1, 0.15) is 0 Å². The molecule has 6 rings (SSSR count). The molecule has 2 heterocycles. The summed E-state index contributed by atoms with van der Waals surface area (Å²) in [4.78, 5) is 8.63. The molecule has 0 aliphatic heterocycles. The quantitative estimate of drug-likeness (QED) is 0.306. The van der Waals surface area contributed by atoms with E-state index in [1.165, 1.54) is 0 Å². The summed E-state index contributed by atoms with van der Waals surface area (Å²) in [6, 6.07) is 29.0. The van der Waals surface area contributed by atoms with Crippen LogP contribution in [0.3, 0.4) is 0 Å². The molecule has 0 saturated carbocycles. The van der Waals surface area contributed by atoms with Crippen LogP contribution in [0.2, 0.25) is 0 Å². The van der Waals surface area contributed by atoms with Gasteiger partial charge in [-0.1, -0.05) is 48.5 Å². The first-order valence-electron chi connectivity index (χ1n) is 9.97. The van der Waals surface area contributed by atoms with Gasteiger partial charge in [-0.15, -0.1) is 0 Å². The van der Waals surface area contributed by atoms with E-state index in [4.69, 9.17) is 8.83 Å². The summed E-state index contributed by atoms with van der Waals surface area (Å²) in [6.07, 6.45) is 0. The van der Waals surface area contributed by atoms with Gasteiger partial charge in [-0.05, 0) is 48.5 Å². The number of phenols is 2. The topological polar surface area (TPSA) is 92.5 Å². The van der Waals surface area contributed by atoms with Crippen molar-refractivity contribution in [3.05, 3.63) is 97.1 Å². The van der Waals surface area contributed by atoms with Gasteiger partial charge < -0.3 is 19.0 Å². The first-order valence-corrected chi connectivity index (χ1v) is 9.97. The summed E-state index contributed by atoms with van der Waals surface area (Å²) >= 11 is 0. The van der Waals surface area contributed by atoms with Crippen LogP contribution in [0.4, 0.5) is 0 Å². The van der Waals surface area contributed by atoms with E-state index >= 15 is 0 Å². The third-order valence-electron chi connectivity index (χ3n) is 4.86. The maximum Gasteiger partial charge on any atom is 0.231 e. The first kappa shape index (κ1) is 22.5. The monoisotopic (exact) mass is 467 g/mol. The minimum Gasteiger partial charge on any atom is -0.507 e. The number of oxazole rings is 2. The van der Waals surface area contributed by atoms with Crippen LogP contribution in [-0.4, -0.2) is 20.2 Å². The zero-order chi connectivity index (χ0) is 21.9. The number of para-hydroxylation sites is 6. The van der Waals surface area contributed by atoms with Crippen LogP contribution >= 0.6 is 0 Å². The largest absolute Gasteiger partial charge is 0.507 e. The Kier molecular flexibility index (Phi) is 6.70. The van der Waals surface area contributed by atoms with Crippen molar-refractivity contribution in [2.45, 2.75) is 0 Å². The van der Waals surface area contributed by atoms with Gasteiger partial charge in [-0.2, -0.15) is 0 Å². The van der Waals surface area contributed by atoms with Gasteiger partial charge in [0.2, 0.25) is 11.8 Å². The van der Waals surface area contributed by atoms with Crippen molar-refractivity contribution in [1.29, 1.82) is 0 Å². The maximum absolute atomic E-state index is 9.69. The van der Waals surface area contributed by atoms with E-state index in [0.717, 1.165) is 22.2 Å². The van der Waals surface area contributed by atoms with Crippen LogP contribution in [0.15, 0.2) is 106 Å². The second kappa shape index (κ2) is 9.83. The van der Waals surface area contributed by atoms with Gasteiger partial charge >= 0.3 is 0 Å². The molecule has 0 atom stereocenters. The minimum absolute atomic E-state index is 0. The summed E-state index contributed by atoms with van der Waals surface area (Å²) in [5, 5.41) is 19.4. The molecular weight excluding hydrogens is 449 g/mol. The van der Waals surface area contributed by atoms with E-state index in [-0.39, 0.29) is 37.3 Å². The summed E-state index contributed by atoms with van der Waals surface area (Å²) < 4.78 is 11.1. The standard InChI is InChI=1S/2C13H9NO2.Sc/c2*15-11-7-3-1-5-9(11)13-14-10-6-2-4-8-12(10)16-13;/h2*1-8,15H;. The molecule has 0 amide bonds. The van der Waals surface area contributed by atoms with Crippen LogP contribution < -0.4 is 0 Å². The van der Waals surface area contributed by atoms with Crippen molar-refractivity contribution in [2.75, 3.05) is 0 Å². The molecule has 0 aliphatic rings. The molecular formula is C26H18N2O4Sc. The fourth-order valence-corrected chi connectivity index (χ4v) is 3.28. The maximum atomic E-state index is 9.69. The van der Waals surface area contributed by atoms with Crippen LogP contribution in [0, 0.1) is 0 Å². The van der Waals surface area contributed by atoms with Gasteiger partial charge in [-0.25, -0.2) is 9.97 Å². The molecule has 7 heteroatoms. The minimum atomic E-state index is 0. The predicted molar refractivity (Wildman–Crippen MR) is 122 cm³/mol. The molecule has 0 unspecified atom stereocenters. The van der Waals surface area contributed by atoms with Gasteiger partial charge in [0.25, 0.3) is 0 Å². The third kappa shape index (κ3) is 4.73. The van der Waals surface area contributed by atoms with E-state index in [0.29, 0.717) is 22.9 Å². The number of hydrogen-bond donors (Lipinski definition) is 2. The smallest absolute Gasteiger partial charge is 0.231 e. The zero-order valence-electron chi connectivity index (χ0n) is 17.4. The molecule has 1 radical (unpaired) electrons. The number of fused-ring (bicyclic) bond motifs is 2. The van der Waals surface area contributed by atoms with E-state index in [1.807, 2.05) is 60.7 Å². The fourth-order valence-electron chi connectivity index (χ4n) is 3.28. The molecule has 0 aliphatic carbocycles. The van der Waals surface area contributed by atoms with Crippen molar-refractivity contribution in [3.8, 4) is 34.4 Å². The molecule has 2 aromatic heterocycles. The van der Waals surface area contributed by atoms with E-state index in [2.05, 4.69) is 9.97 Å². The Morgan fingerprint density at radius 1 is 0.485 bits per heavy atom. The Morgan fingerprint density at radius 3 is 1.24 bits per heavy atom. The van der Waals surface area contributed by atoms with Crippen LogP contribution in [-0.2, 0) is 25.8 Å². The second-order valence-corrected chi connectivity index (χ2v) is 7.01. The van der Waals surface area contributed by atoms with Crippen molar-refractivity contribution in [2.24, 2.45) is 0 Å². The Bertz CT molecular complexity index is 1340. The number of benzene rings is 4. The van der Waals surface area contributed by atoms with E-state index in [1.54, 1.807) is 36.4 Å². The number of nitrogens with zero attached hydrogens (tertiary/aromatic N) is 2. The number of rotatable bonds is 2. The molecule has 0 bridgehead atoms. The van der Waals surface area contributed by atoms with Gasteiger partial charge in [0, 0.05) is 25.8 Å². The van der Waals surface area contributed by atoms with Gasteiger partial charge in [0.15, 0.2) is 11.2 Å². The van der Waals surface area contributed by atoms with Crippen molar-refractivity contribution in [1.82, 2.24) is 9.97 Å². The Labute approximate surface area is 207 Å².